The van der Waals surface area contributed by atoms with Gasteiger partial charge in [-0.2, -0.15) is 0 Å². The third-order valence-electron chi connectivity index (χ3n) is 3.48. The average Bonchev–Trinajstić information content (AvgIpc) is 2.53. The Balaban J connectivity index is 1.98. The number of benzene rings is 2. The maximum absolute atomic E-state index is 12.0. The van der Waals surface area contributed by atoms with Crippen LogP contribution in [0.1, 0.15) is 37.8 Å². The molecule has 24 heavy (non-hydrogen) atoms. The molecule has 0 aliphatic carbocycles. The Morgan fingerprint density at radius 3 is 2.17 bits per heavy atom. The molecule has 0 aliphatic heterocycles. The van der Waals surface area contributed by atoms with Gasteiger partial charge in [0.05, 0.1) is 0 Å². The summed E-state index contributed by atoms with van der Waals surface area (Å²) in [5.74, 6) is 0.119. The van der Waals surface area contributed by atoms with E-state index in [-0.39, 0.29) is 11.8 Å². The van der Waals surface area contributed by atoms with E-state index in [4.69, 9.17) is 0 Å². The molecule has 0 radical (unpaired) electrons. The Labute approximate surface area is 142 Å². The van der Waals surface area contributed by atoms with Crippen LogP contribution in [0.15, 0.2) is 54.6 Å². The van der Waals surface area contributed by atoms with Gasteiger partial charge in [-0.1, -0.05) is 44.2 Å². The molecule has 4 nitrogen and oxygen atoms in total. The predicted octanol–water partition coefficient (Wildman–Crippen LogP) is 4.42. The van der Waals surface area contributed by atoms with Gasteiger partial charge in [0.15, 0.2) is 0 Å². The summed E-state index contributed by atoms with van der Waals surface area (Å²) in [6.45, 7) is 5.74. The largest absolute Gasteiger partial charge is 0.326 e. The molecule has 0 aromatic heterocycles. The topological polar surface area (TPSA) is 58.2 Å². The van der Waals surface area contributed by atoms with Crippen molar-refractivity contribution in [3.8, 4) is 0 Å². The zero-order valence-electron chi connectivity index (χ0n) is 14.2. The molecule has 0 aliphatic rings. The van der Waals surface area contributed by atoms with Gasteiger partial charge >= 0.3 is 0 Å². The van der Waals surface area contributed by atoms with E-state index >= 15 is 0 Å². The Bertz CT molecular complexity index is 746. The first-order valence-corrected chi connectivity index (χ1v) is 7.91. The van der Waals surface area contributed by atoms with Crippen molar-refractivity contribution in [2.45, 2.75) is 26.7 Å². The summed E-state index contributed by atoms with van der Waals surface area (Å²) in [6, 6.07) is 15.2. The molecule has 0 unspecified atom stereocenters. The van der Waals surface area contributed by atoms with Gasteiger partial charge in [0.2, 0.25) is 11.8 Å². The Hall–Kier alpha value is -2.88. The minimum absolute atomic E-state index is 0.150. The molecule has 0 spiro atoms. The number of amides is 2. The van der Waals surface area contributed by atoms with E-state index in [2.05, 4.69) is 36.6 Å². The Morgan fingerprint density at radius 1 is 0.958 bits per heavy atom. The van der Waals surface area contributed by atoms with Crippen molar-refractivity contribution in [2.75, 3.05) is 10.6 Å². The van der Waals surface area contributed by atoms with Crippen LogP contribution in [-0.2, 0) is 9.59 Å². The molecule has 2 N–H and O–H groups in total. The van der Waals surface area contributed by atoms with Gasteiger partial charge in [0.25, 0.3) is 0 Å². The first kappa shape index (κ1) is 17.5. The first-order valence-electron chi connectivity index (χ1n) is 7.91. The van der Waals surface area contributed by atoms with Crippen LogP contribution in [0.3, 0.4) is 0 Å². The number of carbonyl (C=O) groups is 2. The van der Waals surface area contributed by atoms with Gasteiger partial charge in [-0.3, -0.25) is 9.59 Å². The van der Waals surface area contributed by atoms with E-state index in [0.29, 0.717) is 17.3 Å². The van der Waals surface area contributed by atoms with Crippen molar-refractivity contribution in [1.29, 1.82) is 0 Å². The zero-order valence-corrected chi connectivity index (χ0v) is 14.2. The minimum atomic E-state index is -0.220. The van der Waals surface area contributed by atoms with Crippen molar-refractivity contribution in [3.63, 3.8) is 0 Å². The van der Waals surface area contributed by atoms with Crippen molar-refractivity contribution in [2.24, 2.45) is 0 Å². The summed E-state index contributed by atoms with van der Waals surface area (Å²) in [5.41, 5.74) is 3.52. The van der Waals surface area contributed by atoms with Crippen molar-refractivity contribution in [1.82, 2.24) is 0 Å². The fraction of sp³-hybridized carbons (Fsp3) is 0.200. The van der Waals surface area contributed by atoms with Crippen molar-refractivity contribution >= 4 is 29.3 Å². The monoisotopic (exact) mass is 322 g/mol. The van der Waals surface area contributed by atoms with E-state index < -0.39 is 0 Å². The lowest BCUT2D eigenvalue weighted by molar-refractivity contribution is -0.114. The van der Waals surface area contributed by atoms with Gasteiger partial charge in [-0.05, 0) is 41.3 Å². The molecule has 2 aromatic rings. The van der Waals surface area contributed by atoms with Crippen LogP contribution in [0.2, 0.25) is 0 Å². The highest BCUT2D eigenvalue weighted by Gasteiger charge is 2.01. The normalized spacial score (nSPS) is 10.8. The summed E-state index contributed by atoms with van der Waals surface area (Å²) in [7, 11) is 0. The Kier molecular flexibility index (Phi) is 5.90. The minimum Gasteiger partial charge on any atom is -0.326 e. The highest BCUT2D eigenvalue weighted by atomic mass is 16.2. The van der Waals surface area contributed by atoms with E-state index in [1.54, 1.807) is 30.3 Å². The van der Waals surface area contributed by atoms with Crippen LogP contribution in [-0.4, -0.2) is 11.8 Å². The molecule has 0 atom stereocenters. The second-order valence-corrected chi connectivity index (χ2v) is 5.91. The van der Waals surface area contributed by atoms with E-state index in [9.17, 15) is 9.59 Å². The molecule has 0 bridgehead atoms. The van der Waals surface area contributed by atoms with Crippen LogP contribution >= 0.6 is 0 Å². The van der Waals surface area contributed by atoms with Gasteiger partial charge in [-0.25, -0.2) is 0 Å². The number of hydrogen-bond donors (Lipinski definition) is 2. The lowest BCUT2D eigenvalue weighted by Gasteiger charge is -2.06. The average molecular weight is 322 g/mol. The molecule has 2 rings (SSSR count). The number of nitrogens with one attached hydrogen (secondary N) is 2. The summed E-state index contributed by atoms with van der Waals surface area (Å²) in [4.78, 5) is 23.1. The SMILES string of the molecule is CC(=O)Nc1cccc(NC(=O)/C=C/c2ccc(C(C)C)cc2)c1. The fourth-order valence-electron chi connectivity index (χ4n) is 2.23. The van der Waals surface area contributed by atoms with Crippen LogP contribution in [0.25, 0.3) is 6.08 Å². The lowest BCUT2D eigenvalue weighted by Crippen LogP contribution is -2.09. The third kappa shape index (κ3) is 5.39. The predicted molar refractivity (Wildman–Crippen MR) is 98.9 cm³/mol. The lowest BCUT2D eigenvalue weighted by atomic mass is 10.0. The summed E-state index contributed by atoms with van der Waals surface area (Å²) < 4.78 is 0. The molecule has 124 valence electrons. The number of anilines is 2. The molecule has 0 saturated heterocycles. The van der Waals surface area contributed by atoms with Crippen molar-refractivity contribution < 1.29 is 9.59 Å². The van der Waals surface area contributed by atoms with Crippen LogP contribution in [0.4, 0.5) is 11.4 Å². The summed E-state index contributed by atoms with van der Waals surface area (Å²) >= 11 is 0. The fourth-order valence-corrected chi connectivity index (χ4v) is 2.23. The first-order chi connectivity index (χ1) is 11.4. The van der Waals surface area contributed by atoms with E-state index in [0.717, 1.165) is 5.56 Å². The van der Waals surface area contributed by atoms with Crippen molar-refractivity contribution in [3.05, 3.63) is 65.7 Å². The number of rotatable bonds is 5. The second kappa shape index (κ2) is 8.11. The molecular formula is C20H22N2O2. The summed E-state index contributed by atoms with van der Waals surface area (Å²) in [5, 5.41) is 5.46. The summed E-state index contributed by atoms with van der Waals surface area (Å²) in [6.07, 6.45) is 3.27. The zero-order chi connectivity index (χ0) is 17.5. The van der Waals surface area contributed by atoms with Crippen LogP contribution in [0.5, 0.6) is 0 Å². The maximum atomic E-state index is 12.0. The smallest absolute Gasteiger partial charge is 0.248 e. The molecule has 2 aromatic carbocycles. The molecule has 4 heteroatoms. The Morgan fingerprint density at radius 2 is 1.58 bits per heavy atom. The van der Waals surface area contributed by atoms with Gasteiger partial charge in [0.1, 0.15) is 0 Å². The van der Waals surface area contributed by atoms with Crippen LogP contribution < -0.4 is 10.6 Å². The highest BCUT2D eigenvalue weighted by Crippen LogP contribution is 2.16. The molecule has 0 saturated carbocycles. The maximum Gasteiger partial charge on any atom is 0.248 e. The number of carbonyl (C=O) groups excluding carboxylic acids is 2. The van der Waals surface area contributed by atoms with Gasteiger partial charge < -0.3 is 10.6 Å². The third-order valence-corrected chi connectivity index (χ3v) is 3.48. The quantitative estimate of drug-likeness (QED) is 0.801. The molecule has 0 fully saturated rings. The van der Waals surface area contributed by atoms with Gasteiger partial charge in [-0.15, -0.1) is 0 Å². The van der Waals surface area contributed by atoms with E-state index in [1.165, 1.54) is 18.6 Å². The molecule has 0 heterocycles. The second-order valence-electron chi connectivity index (χ2n) is 5.91. The van der Waals surface area contributed by atoms with E-state index in [1.807, 2.05) is 12.1 Å². The van der Waals surface area contributed by atoms with Crippen LogP contribution in [0, 0.1) is 0 Å². The molecule has 2 amide bonds. The standard InChI is InChI=1S/C20H22N2O2/c1-14(2)17-10-7-16(8-11-17)9-12-20(24)22-19-6-4-5-18(13-19)21-15(3)23/h4-14H,1-3H3,(H,21,23)(H,22,24)/b12-9+. The molecular weight excluding hydrogens is 300 g/mol. The number of hydrogen-bond acceptors (Lipinski definition) is 2. The highest BCUT2D eigenvalue weighted by molar-refractivity contribution is 6.02. The van der Waals surface area contributed by atoms with Gasteiger partial charge in [0, 0.05) is 24.4 Å².